The van der Waals surface area contributed by atoms with Crippen LogP contribution in [0.5, 0.6) is 0 Å². The first-order chi connectivity index (χ1) is 7.18. The van der Waals surface area contributed by atoms with Gasteiger partial charge in [-0.3, -0.25) is 0 Å². The van der Waals surface area contributed by atoms with Gasteiger partial charge in [0.15, 0.2) is 0 Å². The molecular weight excluding hydrogens is 190 g/mol. The summed E-state index contributed by atoms with van der Waals surface area (Å²) in [6, 6.07) is 10.1. The molecule has 1 aliphatic rings. The SMILES string of the molecule is CC(C)N1CC(c2ccccc2)OC1=O. The number of cyclic esters (lactones) is 1. The smallest absolute Gasteiger partial charge is 0.410 e. The Kier molecular flexibility index (Phi) is 2.62. The lowest BCUT2D eigenvalue weighted by atomic mass is 10.1. The second-order valence-electron chi connectivity index (χ2n) is 4.03. The highest BCUT2D eigenvalue weighted by molar-refractivity contribution is 5.70. The van der Waals surface area contributed by atoms with E-state index in [-0.39, 0.29) is 18.2 Å². The van der Waals surface area contributed by atoms with Crippen LogP contribution in [0.2, 0.25) is 0 Å². The van der Waals surface area contributed by atoms with E-state index in [0.29, 0.717) is 6.54 Å². The average Bonchev–Trinajstić information content (AvgIpc) is 2.62. The van der Waals surface area contributed by atoms with Crippen LogP contribution in [0, 0.1) is 0 Å². The van der Waals surface area contributed by atoms with Gasteiger partial charge in [-0.25, -0.2) is 4.79 Å². The molecule has 1 amide bonds. The maximum atomic E-state index is 11.5. The first-order valence-corrected chi connectivity index (χ1v) is 5.20. The summed E-state index contributed by atoms with van der Waals surface area (Å²) in [7, 11) is 0. The number of benzene rings is 1. The van der Waals surface area contributed by atoms with Gasteiger partial charge in [0.1, 0.15) is 6.10 Å². The van der Waals surface area contributed by atoms with Crippen molar-refractivity contribution in [1.29, 1.82) is 0 Å². The van der Waals surface area contributed by atoms with Crippen LogP contribution in [-0.2, 0) is 4.74 Å². The van der Waals surface area contributed by atoms with Crippen LogP contribution in [-0.4, -0.2) is 23.6 Å². The molecule has 1 atom stereocenters. The predicted octanol–water partition coefficient (Wildman–Crippen LogP) is 2.59. The second-order valence-corrected chi connectivity index (χ2v) is 4.03. The Balaban J connectivity index is 2.13. The zero-order chi connectivity index (χ0) is 10.8. The van der Waals surface area contributed by atoms with Crippen LogP contribution in [0.3, 0.4) is 0 Å². The molecule has 0 bridgehead atoms. The number of nitrogens with zero attached hydrogens (tertiary/aromatic N) is 1. The summed E-state index contributed by atoms with van der Waals surface area (Å²) >= 11 is 0. The minimum atomic E-state index is -0.209. The molecule has 1 unspecified atom stereocenters. The fourth-order valence-corrected chi connectivity index (χ4v) is 1.74. The summed E-state index contributed by atoms with van der Waals surface area (Å²) in [4.78, 5) is 13.3. The number of rotatable bonds is 2. The molecule has 1 aliphatic heterocycles. The van der Waals surface area contributed by atoms with Crippen molar-refractivity contribution in [3.8, 4) is 0 Å². The van der Waals surface area contributed by atoms with Crippen molar-refractivity contribution in [2.24, 2.45) is 0 Å². The lowest BCUT2D eigenvalue weighted by molar-refractivity contribution is 0.130. The van der Waals surface area contributed by atoms with Crippen LogP contribution < -0.4 is 0 Å². The average molecular weight is 205 g/mol. The third kappa shape index (κ3) is 1.96. The zero-order valence-corrected chi connectivity index (χ0v) is 9.01. The quantitative estimate of drug-likeness (QED) is 0.742. The molecule has 1 aromatic rings. The zero-order valence-electron chi connectivity index (χ0n) is 9.01. The van der Waals surface area contributed by atoms with Gasteiger partial charge in [0.2, 0.25) is 0 Å². The third-order valence-electron chi connectivity index (χ3n) is 2.63. The lowest BCUT2D eigenvalue weighted by Gasteiger charge is -2.16. The molecule has 1 fully saturated rings. The normalized spacial score (nSPS) is 20.9. The minimum absolute atomic E-state index is 0.110. The van der Waals surface area contributed by atoms with Crippen LogP contribution >= 0.6 is 0 Å². The minimum Gasteiger partial charge on any atom is -0.439 e. The fourth-order valence-electron chi connectivity index (χ4n) is 1.74. The Hall–Kier alpha value is -1.51. The molecule has 2 rings (SSSR count). The number of ether oxygens (including phenoxy) is 1. The van der Waals surface area contributed by atoms with E-state index in [1.165, 1.54) is 0 Å². The standard InChI is InChI=1S/C12H15NO2/c1-9(2)13-8-11(15-12(13)14)10-6-4-3-5-7-10/h3-7,9,11H,8H2,1-2H3. The fraction of sp³-hybridized carbons (Fsp3) is 0.417. The van der Waals surface area contributed by atoms with E-state index in [2.05, 4.69) is 0 Å². The molecular formula is C12H15NO2. The van der Waals surface area contributed by atoms with Crippen LogP contribution in [0.15, 0.2) is 30.3 Å². The van der Waals surface area contributed by atoms with Crippen LogP contribution in [0.25, 0.3) is 0 Å². The van der Waals surface area contributed by atoms with Crippen molar-refractivity contribution in [2.75, 3.05) is 6.54 Å². The van der Waals surface area contributed by atoms with Gasteiger partial charge in [0.25, 0.3) is 0 Å². The van der Waals surface area contributed by atoms with E-state index in [0.717, 1.165) is 5.56 Å². The summed E-state index contributed by atoms with van der Waals surface area (Å²) in [6.45, 7) is 4.64. The maximum Gasteiger partial charge on any atom is 0.410 e. The van der Waals surface area contributed by atoms with E-state index in [1.807, 2.05) is 44.2 Å². The molecule has 0 aliphatic carbocycles. The molecule has 0 aromatic heterocycles. The number of hydrogen-bond donors (Lipinski definition) is 0. The molecule has 0 N–H and O–H groups in total. The van der Waals surface area contributed by atoms with Gasteiger partial charge in [-0.15, -0.1) is 0 Å². The molecule has 0 saturated carbocycles. The van der Waals surface area contributed by atoms with Crippen LogP contribution in [0.1, 0.15) is 25.5 Å². The van der Waals surface area contributed by atoms with E-state index in [9.17, 15) is 4.79 Å². The summed E-state index contributed by atoms with van der Waals surface area (Å²) in [5, 5.41) is 0. The van der Waals surface area contributed by atoms with Crippen molar-refractivity contribution in [2.45, 2.75) is 26.0 Å². The Morgan fingerprint density at radius 2 is 2.00 bits per heavy atom. The second kappa shape index (κ2) is 3.93. The van der Waals surface area contributed by atoms with Gasteiger partial charge in [0, 0.05) is 6.04 Å². The molecule has 80 valence electrons. The summed E-state index contributed by atoms with van der Waals surface area (Å²) in [5.74, 6) is 0. The largest absolute Gasteiger partial charge is 0.439 e. The highest BCUT2D eigenvalue weighted by atomic mass is 16.6. The maximum absolute atomic E-state index is 11.5. The Morgan fingerprint density at radius 1 is 1.33 bits per heavy atom. The molecule has 1 saturated heterocycles. The predicted molar refractivity (Wildman–Crippen MR) is 57.5 cm³/mol. The number of carbonyl (C=O) groups is 1. The van der Waals surface area contributed by atoms with Crippen molar-refractivity contribution < 1.29 is 9.53 Å². The van der Waals surface area contributed by atoms with Crippen molar-refractivity contribution in [1.82, 2.24) is 4.90 Å². The van der Waals surface area contributed by atoms with E-state index in [1.54, 1.807) is 4.90 Å². The monoisotopic (exact) mass is 205 g/mol. The number of amides is 1. The molecule has 1 heterocycles. The van der Waals surface area contributed by atoms with Gasteiger partial charge in [-0.2, -0.15) is 0 Å². The molecule has 1 aromatic carbocycles. The van der Waals surface area contributed by atoms with Gasteiger partial charge in [0.05, 0.1) is 6.54 Å². The Bertz CT molecular complexity index is 348. The lowest BCUT2D eigenvalue weighted by Crippen LogP contribution is -2.31. The van der Waals surface area contributed by atoms with Gasteiger partial charge >= 0.3 is 6.09 Å². The van der Waals surface area contributed by atoms with Gasteiger partial charge < -0.3 is 9.64 Å². The summed E-state index contributed by atoms with van der Waals surface area (Å²) < 4.78 is 5.31. The van der Waals surface area contributed by atoms with Crippen LogP contribution in [0.4, 0.5) is 4.79 Å². The first kappa shape index (κ1) is 10.0. The van der Waals surface area contributed by atoms with Gasteiger partial charge in [-0.05, 0) is 19.4 Å². The molecule has 0 radical (unpaired) electrons. The molecule has 3 heteroatoms. The van der Waals surface area contributed by atoms with Crippen molar-refractivity contribution in [3.63, 3.8) is 0 Å². The first-order valence-electron chi connectivity index (χ1n) is 5.20. The van der Waals surface area contributed by atoms with E-state index in [4.69, 9.17) is 4.74 Å². The Morgan fingerprint density at radius 3 is 2.53 bits per heavy atom. The summed E-state index contributed by atoms with van der Waals surface area (Å²) in [6.07, 6.45) is -0.319. The van der Waals surface area contributed by atoms with Crippen molar-refractivity contribution >= 4 is 6.09 Å². The molecule has 0 spiro atoms. The van der Waals surface area contributed by atoms with Crippen molar-refractivity contribution in [3.05, 3.63) is 35.9 Å². The number of carbonyl (C=O) groups excluding carboxylic acids is 1. The van der Waals surface area contributed by atoms with E-state index < -0.39 is 0 Å². The highest BCUT2D eigenvalue weighted by Gasteiger charge is 2.33. The number of hydrogen-bond acceptors (Lipinski definition) is 2. The highest BCUT2D eigenvalue weighted by Crippen LogP contribution is 2.26. The van der Waals surface area contributed by atoms with E-state index >= 15 is 0 Å². The van der Waals surface area contributed by atoms with Gasteiger partial charge in [-0.1, -0.05) is 30.3 Å². The summed E-state index contributed by atoms with van der Waals surface area (Å²) in [5.41, 5.74) is 1.06. The molecule has 15 heavy (non-hydrogen) atoms. The Labute approximate surface area is 89.7 Å². The topological polar surface area (TPSA) is 29.5 Å². The molecule has 3 nitrogen and oxygen atoms in total. The third-order valence-corrected chi connectivity index (χ3v) is 2.63.